The second-order valence-corrected chi connectivity index (χ2v) is 9.56. The van der Waals surface area contributed by atoms with Gasteiger partial charge < -0.3 is 4.90 Å². The van der Waals surface area contributed by atoms with E-state index in [2.05, 4.69) is 0 Å². The van der Waals surface area contributed by atoms with Crippen LogP contribution < -0.4 is 9.21 Å². The van der Waals surface area contributed by atoms with Crippen molar-refractivity contribution < 1.29 is 13.2 Å². The molecule has 4 rings (SSSR count). The fourth-order valence-corrected chi connectivity index (χ4v) is 5.95. The van der Waals surface area contributed by atoms with Gasteiger partial charge in [-0.1, -0.05) is 12.1 Å². The highest BCUT2D eigenvalue weighted by molar-refractivity contribution is 7.99. The number of benzene rings is 2. The maximum Gasteiger partial charge on any atom is 0.258 e. The van der Waals surface area contributed by atoms with Crippen LogP contribution in [-0.2, 0) is 10.0 Å². The van der Waals surface area contributed by atoms with Gasteiger partial charge in [0.1, 0.15) is 0 Å². The average molecular weight is 389 g/mol. The summed E-state index contributed by atoms with van der Waals surface area (Å²) < 4.78 is 25.5. The zero-order chi connectivity index (χ0) is 18.1. The van der Waals surface area contributed by atoms with E-state index in [1.807, 2.05) is 29.2 Å². The molecule has 2 heterocycles. The van der Waals surface area contributed by atoms with Crippen LogP contribution in [0, 0.1) is 0 Å². The molecule has 2 aromatic carbocycles. The molecule has 0 unspecified atom stereocenters. The van der Waals surface area contributed by atoms with E-state index in [0.717, 1.165) is 22.8 Å². The summed E-state index contributed by atoms with van der Waals surface area (Å²) >= 11 is 1.78. The van der Waals surface area contributed by atoms with Gasteiger partial charge in [-0.2, -0.15) is 0 Å². The molecule has 1 fully saturated rings. The first kappa shape index (κ1) is 17.4. The van der Waals surface area contributed by atoms with Gasteiger partial charge in [0.2, 0.25) is 10.0 Å². The quantitative estimate of drug-likeness (QED) is 0.791. The molecule has 5 nitrogen and oxygen atoms in total. The number of thioether (sulfide) groups is 1. The second kappa shape index (κ2) is 6.96. The zero-order valence-electron chi connectivity index (χ0n) is 14.3. The van der Waals surface area contributed by atoms with Crippen LogP contribution >= 0.6 is 11.8 Å². The number of amides is 1. The number of rotatable bonds is 2. The minimum absolute atomic E-state index is 0.0456. The molecule has 7 heteroatoms. The largest absolute Gasteiger partial charge is 0.307 e. The van der Waals surface area contributed by atoms with Gasteiger partial charge in [0.25, 0.3) is 5.91 Å². The summed E-state index contributed by atoms with van der Waals surface area (Å²) in [5.41, 5.74) is 2.16. The van der Waals surface area contributed by atoms with Crippen molar-refractivity contribution in [3.63, 3.8) is 0 Å². The Morgan fingerprint density at radius 2 is 1.73 bits per heavy atom. The molecule has 1 amide bonds. The Kier molecular flexibility index (Phi) is 4.67. The van der Waals surface area contributed by atoms with Crippen molar-refractivity contribution in [3.8, 4) is 0 Å². The summed E-state index contributed by atoms with van der Waals surface area (Å²) in [5, 5.41) is 0. The van der Waals surface area contributed by atoms with E-state index in [4.69, 9.17) is 0 Å². The van der Waals surface area contributed by atoms with Gasteiger partial charge in [-0.3, -0.25) is 9.10 Å². The molecule has 136 valence electrons. The molecule has 0 spiro atoms. The van der Waals surface area contributed by atoms with Crippen molar-refractivity contribution in [1.29, 1.82) is 0 Å². The molecule has 26 heavy (non-hydrogen) atoms. The molecular formula is C19H20N2O3S2. The molecule has 0 bridgehead atoms. The monoisotopic (exact) mass is 388 g/mol. The fourth-order valence-electron chi connectivity index (χ4n) is 3.39. The molecule has 0 aliphatic carbocycles. The molecule has 2 aliphatic heterocycles. The number of carbonyl (C=O) groups excluding carboxylic acids is 1. The van der Waals surface area contributed by atoms with Crippen molar-refractivity contribution in [2.75, 3.05) is 33.8 Å². The minimum Gasteiger partial charge on any atom is -0.307 e. The lowest BCUT2D eigenvalue weighted by Crippen LogP contribution is -2.32. The first-order chi connectivity index (χ1) is 12.6. The van der Waals surface area contributed by atoms with Crippen molar-refractivity contribution >= 4 is 39.1 Å². The van der Waals surface area contributed by atoms with E-state index in [1.165, 1.54) is 4.31 Å². The molecule has 2 aliphatic rings. The minimum atomic E-state index is -3.20. The molecule has 0 aromatic heterocycles. The molecule has 0 atom stereocenters. The SMILES string of the molecule is O=C(c1ccc(N2CCCS2(=O)=O)cc1)N1CCCSc2ccccc21. The molecule has 2 aromatic rings. The zero-order valence-corrected chi connectivity index (χ0v) is 15.9. The van der Waals surface area contributed by atoms with E-state index < -0.39 is 10.0 Å². The van der Waals surface area contributed by atoms with Gasteiger partial charge in [-0.15, -0.1) is 11.8 Å². The van der Waals surface area contributed by atoms with E-state index in [1.54, 1.807) is 36.0 Å². The Balaban J connectivity index is 1.61. The van der Waals surface area contributed by atoms with Crippen LogP contribution in [0.15, 0.2) is 53.4 Å². The van der Waals surface area contributed by atoms with Crippen LogP contribution in [0.3, 0.4) is 0 Å². The first-order valence-electron chi connectivity index (χ1n) is 8.70. The van der Waals surface area contributed by atoms with Gasteiger partial charge in [0.15, 0.2) is 0 Å². The fraction of sp³-hybridized carbons (Fsp3) is 0.316. The van der Waals surface area contributed by atoms with Gasteiger partial charge in [-0.25, -0.2) is 8.42 Å². The van der Waals surface area contributed by atoms with E-state index in [-0.39, 0.29) is 11.7 Å². The summed E-state index contributed by atoms with van der Waals surface area (Å²) in [7, 11) is -3.20. The number of hydrogen-bond donors (Lipinski definition) is 0. The lowest BCUT2D eigenvalue weighted by Gasteiger charge is -2.23. The third kappa shape index (κ3) is 3.21. The number of anilines is 2. The maximum absolute atomic E-state index is 13.1. The van der Waals surface area contributed by atoms with E-state index in [0.29, 0.717) is 30.8 Å². The van der Waals surface area contributed by atoms with Crippen molar-refractivity contribution in [1.82, 2.24) is 0 Å². The molecule has 0 radical (unpaired) electrons. The van der Waals surface area contributed by atoms with Gasteiger partial charge in [0, 0.05) is 23.5 Å². The Labute approximate surface area is 158 Å². The van der Waals surface area contributed by atoms with E-state index >= 15 is 0 Å². The Hall–Kier alpha value is -1.99. The smallest absolute Gasteiger partial charge is 0.258 e. The topological polar surface area (TPSA) is 57.7 Å². The van der Waals surface area contributed by atoms with Crippen LogP contribution in [0.1, 0.15) is 23.2 Å². The number of fused-ring (bicyclic) bond motifs is 1. The highest BCUT2D eigenvalue weighted by atomic mass is 32.2. The predicted molar refractivity (Wildman–Crippen MR) is 106 cm³/mol. The van der Waals surface area contributed by atoms with E-state index in [9.17, 15) is 13.2 Å². The number of nitrogens with zero attached hydrogens (tertiary/aromatic N) is 2. The number of carbonyl (C=O) groups is 1. The summed E-state index contributed by atoms with van der Waals surface area (Å²) in [6.07, 6.45) is 1.58. The lowest BCUT2D eigenvalue weighted by molar-refractivity contribution is 0.0986. The van der Waals surface area contributed by atoms with Crippen molar-refractivity contribution in [2.24, 2.45) is 0 Å². The Bertz CT molecular complexity index is 926. The first-order valence-corrected chi connectivity index (χ1v) is 11.3. The predicted octanol–water partition coefficient (Wildman–Crippen LogP) is 3.37. The highest BCUT2D eigenvalue weighted by Gasteiger charge is 2.29. The van der Waals surface area contributed by atoms with Gasteiger partial charge in [0.05, 0.1) is 17.1 Å². The highest BCUT2D eigenvalue weighted by Crippen LogP contribution is 2.34. The summed E-state index contributed by atoms with van der Waals surface area (Å²) in [5.74, 6) is 1.14. The molecule has 1 saturated heterocycles. The lowest BCUT2D eigenvalue weighted by atomic mass is 10.1. The second-order valence-electron chi connectivity index (χ2n) is 6.42. The summed E-state index contributed by atoms with van der Waals surface area (Å²) in [6, 6.07) is 14.9. The average Bonchev–Trinajstić information content (AvgIpc) is 2.88. The van der Waals surface area contributed by atoms with Crippen LogP contribution in [0.5, 0.6) is 0 Å². The third-order valence-electron chi connectivity index (χ3n) is 4.69. The maximum atomic E-state index is 13.1. The standard InChI is InChI=1S/C19H20N2O3S2/c22-19(20-11-3-13-25-18-6-2-1-5-17(18)20)15-7-9-16(10-8-15)21-12-4-14-26(21,23)24/h1-2,5-10H,3-4,11-14H2. The van der Waals surface area contributed by atoms with Crippen LogP contribution in [0.25, 0.3) is 0 Å². The van der Waals surface area contributed by atoms with Crippen molar-refractivity contribution in [2.45, 2.75) is 17.7 Å². The molecular weight excluding hydrogens is 368 g/mol. The number of para-hydroxylation sites is 1. The Morgan fingerprint density at radius 1 is 0.962 bits per heavy atom. The number of sulfonamides is 1. The van der Waals surface area contributed by atoms with Crippen LogP contribution in [0.4, 0.5) is 11.4 Å². The molecule has 0 saturated carbocycles. The number of hydrogen-bond acceptors (Lipinski definition) is 4. The van der Waals surface area contributed by atoms with Gasteiger partial charge in [-0.05, 0) is 55.0 Å². The summed E-state index contributed by atoms with van der Waals surface area (Å²) in [4.78, 5) is 16.0. The molecule has 0 N–H and O–H groups in total. The van der Waals surface area contributed by atoms with Crippen LogP contribution in [0.2, 0.25) is 0 Å². The summed E-state index contributed by atoms with van der Waals surface area (Å²) in [6.45, 7) is 1.19. The van der Waals surface area contributed by atoms with Crippen molar-refractivity contribution in [3.05, 3.63) is 54.1 Å². The van der Waals surface area contributed by atoms with Crippen LogP contribution in [-0.4, -0.2) is 38.9 Å². The normalized spacial score (nSPS) is 19.1. The third-order valence-corrected chi connectivity index (χ3v) is 7.70. The van der Waals surface area contributed by atoms with Gasteiger partial charge >= 0.3 is 0 Å². The Morgan fingerprint density at radius 3 is 2.46 bits per heavy atom.